The maximum Gasteiger partial charge on any atom is 0.357 e. The number of aliphatic hydroxyl groups is 1. The van der Waals surface area contributed by atoms with Crippen LogP contribution in [0.2, 0.25) is 0 Å². The second kappa shape index (κ2) is 10.9. The molecule has 12 nitrogen and oxygen atoms in total. The minimum absolute atomic E-state index is 0.175. The molecule has 2 aliphatic heterocycles. The van der Waals surface area contributed by atoms with E-state index in [9.17, 15) is 29.4 Å². The van der Waals surface area contributed by atoms with Gasteiger partial charge in [-0.25, -0.2) is 9.59 Å². The van der Waals surface area contributed by atoms with Gasteiger partial charge >= 0.3 is 23.9 Å². The number of likely N-dealkylation sites (N-methyl/N-ethyl adjacent to an activating group) is 1. The van der Waals surface area contributed by atoms with Crippen molar-refractivity contribution in [2.24, 2.45) is 0 Å². The molecule has 232 valence electrons. The number of carboxylic acids is 1. The number of hydrogen-bond donors (Lipinski definition) is 2. The summed E-state index contributed by atoms with van der Waals surface area (Å²) in [4.78, 5) is 51.7. The van der Waals surface area contributed by atoms with Gasteiger partial charge in [-0.2, -0.15) is 0 Å². The second-order valence-corrected chi connectivity index (χ2v) is 11.6. The van der Waals surface area contributed by atoms with Crippen LogP contribution < -0.4 is 9.47 Å². The van der Waals surface area contributed by atoms with Crippen molar-refractivity contribution in [3.63, 3.8) is 0 Å². The molecule has 0 amide bonds. The fourth-order valence-corrected chi connectivity index (χ4v) is 7.35. The molecule has 0 unspecified atom stereocenters. The topological polar surface area (TPSA) is 158 Å². The third-order valence-electron chi connectivity index (χ3n) is 9.28. The number of ether oxygens (including phenoxy) is 5. The highest BCUT2D eigenvalue weighted by atomic mass is 16.6. The average molecular weight is 608 g/mol. The number of rotatable bonds is 9. The Morgan fingerprint density at radius 3 is 2.55 bits per heavy atom. The van der Waals surface area contributed by atoms with Gasteiger partial charge in [0.1, 0.15) is 5.76 Å². The summed E-state index contributed by atoms with van der Waals surface area (Å²) >= 11 is 0. The summed E-state index contributed by atoms with van der Waals surface area (Å²) in [6.45, 7) is 1.70. The number of hydrogen-bond acceptors (Lipinski definition) is 11. The van der Waals surface area contributed by atoms with Gasteiger partial charge < -0.3 is 38.8 Å². The van der Waals surface area contributed by atoms with Gasteiger partial charge in [-0.1, -0.05) is 36.4 Å². The van der Waals surface area contributed by atoms with Crippen LogP contribution in [0.4, 0.5) is 0 Å². The molecule has 44 heavy (non-hydrogen) atoms. The fraction of sp³-hybridized carbons (Fsp3) is 0.438. The van der Waals surface area contributed by atoms with Crippen molar-refractivity contribution < 1.29 is 53.1 Å². The largest absolute Gasteiger partial charge is 0.493 e. The lowest BCUT2D eigenvalue weighted by molar-refractivity contribution is -0.178. The highest BCUT2D eigenvalue weighted by molar-refractivity contribution is 5.85. The summed E-state index contributed by atoms with van der Waals surface area (Å²) in [6.07, 6.45) is -2.03. The van der Waals surface area contributed by atoms with Gasteiger partial charge in [0.25, 0.3) is 0 Å². The first-order chi connectivity index (χ1) is 21.0. The van der Waals surface area contributed by atoms with Gasteiger partial charge in [-0.15, -0.1) is 0 Å². The fourth-order valence-electron chi connectivity index (χ4n) is 7.35. The predicted octanol–water partition coefficient (Wildman–Crippen LogP) is 2.21. The Bertz CT molecular complexity index is 1550. The van der Waals surface area contributed by atoms with Crippen LogP contribution in [0.1, 0.15) is 49.0 Å². The zero-order valence-corrected chi connectivity index (χ0v) is 24.5. The SMILES string of the molecule is COc1ccc2c3c1O[C@H]1C(OC(=O)[C@@H](OC(=O)C[C@H](OC(C)=O)C(=O)O)c4ccccc4)=CC[C@@]4(O)[C@H](C2)N(C)CC[C@]314. The monoisotopic (exact) mass is 607 g/mol. The molecule has 2 aromatic rings. The first-order valence-corrected chi connectivity index (χ1v) is 14.4. The number of carbonyl (C=O) groups is 4. The van der Waals surface area contributed by atoms with Crippen molar-refractivity contribution in [2.45, 2.75) is 68.0 Å². The molecule has 0 saturated carbocycles. The number of esters is 3. The molecular formula is C32H33NO11. The van der Waals surface area contributed by atoms with Crippen molar-refractivity contribution in [3.05, 3.63) is 71.0 Å². The second-order valence-electron chi connectivity index (χ2n) is 11.6. The molecule has 2 N–H and O–H groups in total. The van der Waals surface area contributed by atoms with Crippen molar-refractivity contribution in [3.8, 4) is 11.5 Å². The summed E-state index contributed by atoms with van der Waals surface area (Å²) in [7, 11) is 3.53. The molecule has 2 heterocycles. The predicted molar refractivity (Wildman–Crippen MR) is 151 cm³/mol. The molecule has 6 atom stereocenters. The van der Waals surface area contributed by atoms with E-state index in [1.54, 1.807) is 43.5 Å². The lowest BCUT2D eigenvalue weighted by Crippen LogP contribution is -2.74. The van der Waals surface area contributed by atoms with E-state index in [0.29, 0.717) is 30.9 Å². The number of carbonyl (C=O) groups excluding carboxylic acids is 3. The van der Waals surface area contributed by atoms with Crippen molar-refractivity contribution in [2.75, 3.05) is 20.7 Å². The molecule has 12 heteroatoms. The van der Waals surface area contributed by atoms with Crippen LogP contribution in [-0.2, 0) is 45.2 Å². The van der Waals surface area contributed by atoms with Crippen LogP contribution >= 0.6 is 0 Å². The van der Waals surface area contributed by atoms with Gasteiger partial charge in [0.15, 0.2) is 17.6 Å². The third-order valence-corrected chi connectivity index (χ3v) is 9.28. The Hall–Kier alpha value is -4.42. The molecule has 0 aromatic heterocycles. The Morgan fingerprint density at radius 1 is 1.11 bits per heavy atom. The number of methoxy groups -OCH3 is 1. The first kappa shape index (κ1) is 29.6. The first-order valence-electron chi connectivity index (χ1n) is 14.4. The van der Waals surface area contributed by atoms with Crippen molar-refractivity contribution >= 4 is 23.9 Å². The van der Waals surface area contributed by atoms with E-state index < -0.39 is 59.6 Å². The number of aliphatic carboxylic acids is 1. The lowest BCUT2D eigenvalue weighted by atomic mass is 9.50. The molecule has 0 radical (unpaired) electrons. The normalized spacial score (nSPS) is 27.5. The molecule has 1 spiro atoms. The van der Waals surface area contributed by atoms with E-state index >= 15 is 0 Å². The maximum atomic E-state index is 13.8. The smallest absolute Gasteiger partial charge is 0.357 e. The van der Waals surface area contributed by atoms with Gasteiger partial charge in [-0.05, 0) is 44.1 Å². The molecule has 4 aliphatic rings. The van der Waals surface area contributed by atoms with Crippen LogP contribution in [0, 0.1) is 0 Å². The average Bonchev–Trinajstić information content (AvgIpc) is 3.35. The maximum absolute atomic E-state index is 13.8. The van der Waals surface area contributed by atoms with E-state index in [4.69, 9.17) is 23.7 Å². The van der Waals surface area contributed by atoms with Crippen LogP contribution in [-0.4, -0.2) is 83.5 Å². The highest BCUT2D eigenvalue weighted by Crippen LogP contribution is 2.65. The van der Waals surface area contributed by atoms with Gasteiger partial charge in [0.2, 0.25) is 12.2 Å². The summed E-state index contributed by atoms with van der Waals surface area (Å²) < 4.78 is 28.3. The number of piperidine rings is 1. The third kappa shape index (κ3) is 4.51. The molecule has 2 aliphatic carbocycles. The van der Waals surface area contributed by atoms with Gasteiger partial charge in [0.05, 0.1) is 24.5 Å². The van der Waals surface area contributed by atoms with E-state index in [0.717, 1.165) is 18.1 Å². The molecule has 6 rings (SSSR count). The van der Waals surface area contributed by atoms with Crippen LogP contribution in [0.15, 0.2) is 54.3 Å². The Morgan fingerprint density at radius 2 is 1.86 bits per heavy atom. The van der Waals surface area contributed by atoms with Crippen LogP contribution in [0.5, 0.6) is 11.5 Å². The summed E-state index contributed by atoms with van der Waals surface area (Å²) in [5.41, 5.74) is 0.0660. The molecular weight excluding hydrogens is 574 g/mol. The number of carboxylic acid groups (broad SMARTS) is 1. The van der Waals surface area contributed by atoms with E-state index in [-0.39, 0.29) is 23.8 Å². The summed E-state index contributed by atoms with van der Waals surface area (Å²) in [6, 6.07) is 11.8. The summed E-state index contributed by atoms with van der Waals surface area (Å²) in [5.74, 6) is -3.25. The number of nitrogens with zero attached hydrogens (tertiary/aromatic N) is 1. The quantitative estimate of drug-likeness (QED) is 0.317. The zero-order valence-electron chi connectivity index (χ0n) is 24.5. The van der Waals surface area contributed by atoms with Crippen molar-refractivity contribution in [1.82, 2.24) is 4.90 Å². The highest BCUT2D eigenvalue weighted by Gasteiger charge is 2.72. The molecule has 1 fully saturated rings. The summed E-state index contributed by atoms with van der Waals surface area (Å²) in [5, 5.41) is 21.8. The zero-order chi connectivity index (χ0) is 31.4. The molecule has 2 bridgehead atoms. The minimum Gasteiger partial charge on any atom is -0.493 e. The van der Waals surface area contributed by atoms with Crippen LogP contribution in [0.3, 0.4) is 0 Å². The van der Waals surface area contributed by atoms with E-state index in [2.05, 4.69) is 4.90 Å². The molecule has 1 saturated heterocycles. The number of likely N-dealkylation sites (tertiary alicyclic amines) is 1. The van der Waals surface area contributed by atoms with E-state index in [1.807, 2.05) is 19.2 Å². The lowest BCUT2D eigenvalue weighted by Gasteiger charge is -2.61. The number of benzene rings is 2. The molecule has 2 aromatic carbocycles. The van der Waals surface area contributed by atoms with Crippen LogP contribution in [0.25, 0.3) is 0 Å². The van der Waals surface area contributed by atoms with Gasteiger partial charge in [-0.3, -0.25) is 9.59 Å². The Balaban J connectivity index is 1.32. The Labute approximate surface area is 253 Å². The van der Waals surface area contributed by atoms with E-state index in [1.165, 1.54) is 0 Å². The van der Waals surface area contributed by atoms with Crippen molar-refractivity contribution in [1.29, 1.82) is 0 Å². The Kier molecular flexibility index (Phi) is 7.37. The minimum atomic E-state index is -1.79. The van der Waals surface area contributed by atoms with Gasteiger partial charge in [0, 0.05) is 30.5 Å². The standard InChI is InChI=1S/C32H33NO11/c1-17(34)41-22(29(36)37)16-24(35)43-26(18-7-5-4-6-8-18)30(38)42-21-11-12-32(39)23-15-19-9-10-20(40-3)27-25(19)31(32,28(21)44-27)13-14-33(23)2/h4-11,22-23,26,28,39H,12-16H2,1-3H3,(H,36,37)/t22-,23-,26-,28-,31-,32+/m0/s1.